The van der Waals surface area contributed by atoms with E-state index in [1.54, 1.807) is 0 Å². The first-order valence-corrected chi connectivity index (χ1v) is 5.82. The maximum atomic E-state index is 9.44. The summed E-state index contributed by atoms with van der Waals surface area (Å²) in [6, 6.07) is 0. The SMILES string of the molecule is O=[PH](O)O[PH](=O)O.OCC(Cl)Cl. The first kappa shape index (κ1) is 15.4. The van der Waals surface area contributed by atoms with Gasteiger partial charge in [0.2, 0.25) is 0 Å². The van der Waals surface area contributed by atoms with Crippen LogP contribution in [-0.2, 0) is 13.4 Å². The average Bonchev–Trinajstić information content (AvgIpc) is 1.85. The number of alkyl halides is 2. The zero-order valence-corrected chi connectivity index (χ0v) is 9.12. The molecule has 0 spiro atoms. The van der Waals surface area contributed by atoms with Crippen LogP contribution >= 0.6 is 39.7 Å². The summed E-state index contributed by atoms with van der Waals surface area (Å²) < 4.78 is 22.3. The van der Waals surface area contributed by atoms with Gasteiger partial charge in [-0.1, -0.05) is 0 Å². The smallest absolute Gasteiger partial charge is 0.323 e. The second-order valence-electron chi connectivity index (χ2n) is 1.21. The highest BCUT2D eigenvalue weighted by Crippen LogP contribution is 2.30. The van der Waals surface area contributed by atoms with Gasteiger partial charge in [-0.15, -0.1) is 23.2 Å². The van der Waals surface area contributed by atoms with E-state index in [1.165, 1.54) is 0 Å². The van der Waals surface area contributed by atoms with E-state index in [9.17, 15) is 9.13 Å². The van der Waals surface area contributed by atoms with E-state index in [0.717, 1.165) is 0 Å². The van der Waals surface area contributed by atoms with Gasteiger partial charge in [-0.3, -0.25) is 9.13 Å². The number of rotatable bonds is 3. The molecule has 0 aromatic carbocycles. The molecule has 0 aromatic heterocycles. The van der Waals surface area contributed by atoms with Crippen molar-refractivity contribution in [1.29, 1.82) is 0 Å². The van der Waals surface area contributed by atoms with Crippen molar-refractivity contribution in [2.75, 3.05) is 6.61 Å². The van der Waals surface area contributed by atoms with Crippen LogP contribution in [0.1, 0.15) is 0 Å². The van der Waals surface area contributed by atoms with Gasteiger partial charge in [0.05, 0.1) is 6.61 Å². The topological polar surface area (TPSA) is 104 Å². The van der Waals surface area contributed by atoms with E-state index in [1.807, 2.05) is 0 Å². The third-order valence-electron chi connectivity index (χ3n) is 0.313. The van der Waals surface area contributed by atoms with Crippen LogP contribution in [0.25, 0.3) is 0 Å². The number of aliphatic hydroxyl groups is 1. The molecule has 2 unspecified atom stereocenters. The van der Waals surface area contributed by atoms with Crippen LogP contribution in [0, 0.1) is 0 Å². The molecule has 76 valence electrons. The van der Waals surface area contributed by atoms with Crippen LogP contribution in [0.15, 0.2) is 0 Å². The molecule has 0 fully saturated rings. The van der Waals surface area contributed by atoms with E-state index in [2.05, 4.69) is 4.31 Å². The minimum Gasteiger partial charge on any atom is -0.394 e. The number of hydrogen-bond acceptors (Lipinski definition) is 4. The first-order chi connectivity index (χ1) is 5.40. The van der Waals surface area contributed by atoms with Crippen molar-refractivity contribution in [3.8, 4) is 0 Å². The fraction of sp³-hybridized carbons (Fsp3) is 1.00. The lowest BCUT2D eigenvalue weighted by molar-refractivity contribution is 0.313. The molecule has 2 atom stereocenters. The van der Waals surface area contributed by atoms with Crippen LogP contribution in [0.5, 0.6) is 0 Å². The highest BCUT2D eigenvalue weighted by molar-refractivity contribution is 7.46. The molecule has 0 bridgehead atoms. The molecule has 6 nitrogen and oxygen atoms in total. The van der Waals surface area contributed by atoms with Gasteiger partial charge >= 0.3 is 16.5 Å². The summed E-state index contributed by atoms with van der Waals surface area (Å²) in [6.45, 7) is -0.164. The van der Waals surface area contributed by atoms with E-state index in [-0.39, 0.29) is 6.61 Å². The van der Waals surface area contributed by atoms with Crippen molar-refractivity contribution >= 4 is 39.7 Å². The Morgan fingerprint density at radius 3 is 1.50 bits per heavy atom. The van der Waals surface area contributed by atoms with Crippen molar-refractivity contribution in [1.82, 2.24) is 0 Å². The second-order valence-corrected chi connectivity index (χ2v) is 4.36. The zero-order valence-electron chi connectivity index (χ0n) is 5.61. The van der Waals surface area contributed by atoms with Gasteiger partial charge in [-0.05, 0) is 0 Å². The summed E-state index contributed by atoms with van der Waals surface area (Å²) >= 11 is 9.96. The normalized spacial score (nSPS) is 14.8. The highest BCUT2D eigenvalue weighted by atomic mass is 35.5. The summed E-state index contributed by atoms with van der Waals surface area (Å²) in [4.78, 5) is 14.8. The zero-order chi connectivity index (χ0) is 10.1. The monoisotopic (exact) mass is 260 g/mol. The molecule has 0 aromatic rings. The quantitative estimate of drug-likeness (QED) is 0.506. The summed E-state index contributed by atoms with van der Waals surface area (Å²) in [5.74, 6) is 0. The van der Waals surface area contributed by atoms with E-state index in [4.69, 9.17) is 38.1 Å². The number of hydrogen-bond donors (Lipinski definition) is 3. The molecule has 0 heterocycles. The van der Waals surface area contributed by atoms with E-state index < -0.39 is 21.3 Å². The van der Waals surface area contributed by atoms with Gasteiger partial charge in [0, 0.05) is 0 Å². The molecule has 0 aliphatic heterocycles. The number of halogens is 2. The maximum Gasteiger partial charge on any atom is 0.323 e. The molecule has 0 amide bonds. The lowest BCUT2D eigenvalue weighted by Gasteiger charge is -1.86. The Balaban J connectivity index is 0. The van der Waals surface area contributed by atoms with Crippen LogP contribution < -0.4 is 0 Å². The fourth-order valence-electron chi connectivity index (χ4n) is 0.0747. The Kier molecular flexibility index (Phi) is 12.8. The van der Waals surface area contributed by atoms with Crippen LogP contribution in [0.2, 0.25) is 0 Å². The van der Waals surface area contributed by atoms with Gasteiger partial charge < -0.3 is 14.9 Å². The van der Waals surface area contributed by atoms with Gasteiger partial charge in [0.15, 0.2) is 0 Å². The van der Waals surface area contributed by atoms with Crippen molar-refractivity contribution in [3.63, 3.8) is 0 Å². The Bertz CT molecular complexity index is 138. The summed E-state index contributed by atoms with van der Waals surface area (Å²) in [6.07, 6.45) is 0. The van der Waals surface area contributed by atoms with E-state index >= 15 is 0 Å². The predicted molar refractivity (Wildman–Crippen MR) is 46.1 cm³/mol. The summed E-state index contributed by atoms with van der Waals surface area (Å²) in [5.41, 5.74) is 0. The third-order valence-corrected chi connectivity index (χ3v) is 1.99. The molecular weight excluding hydrogens is 253 g/mol. The molecule has 0 rings (SSSR count). The van der Waals surface area contributed by atoms with Crippen molar-refractivity contribution in [2.45, 2.75) is 4.84 Å². The molecule has 0 aliphatic carbocycles. The Labute approximate surface area is 80.0 Å². The lowest BCUT2D eigenvalue weighted by Crippen LogP contribution is -1.90. The Hall–Kier alpha value is 0.880. The molecule has 10 heteroatoms. The highest BCUT2D eigenvalue weighted by Gasteiger charge is 1.93. The van der Waals surface area contributed by atoms with Crippen LogP contribution in [0.3, 0.4) is 0 Å². The number of aliphatic hydroxyl groups excluding tert-OH is 1. The van der Waals surface area contributed by atoms with E-state index in [0.29, 0.717) is 0 Å². The molecule has 12 heavy (non-hydrogen) atoms. The Morgan fingerprint density at radius 1 is 1.25 bits per heavy atom. The van der Waals surface area contributed by atoms with Gasteiger partial charge in [0.25, 0.3) is 0 Å². The molecular formula is C2H8Cl2O6P2. The third kappa shape index (κ3) is 22.4. The van der Waals surface area contributed by atoms with Crippen molar-refractivity contribution < 1.29 is 28.3 Å². The first-order valence-electron chi connectivity index (χ1n) is 2.42. The molecule has 0 aliphatic rings. The average molecular weight is 261 g/mol. The summed E-state index contributed by atoms with van der Waals surface area (Å²) in [7, 11) is -6.40. The van der Waals surface area contributed by atoms with Crippen LogP contribution in [0.4, 0.5) is 0 Å². The standard InChI is InChI=1S/C2H4Cl2O.H4O5P2/c3-2(4)1-5;1-6(2)5-7(3)4/h2,5H,1H2;6-7H,(H,1,2)(H,3,4). The predicted octanol–water partition coefficient (Wildman–Crippen LogP) is 0.549. The summed E-state index contributed by atoms with van der Waals surface area (Å²) in [5, 5.41) is 7.88. The van der Waals surface area contributed by atoms with Crippen molar-refractivity contribution in [3.05, 3.63) is 0 Å². The molecule has 0 saturated carbocycles. The van der Waals surface area contributed by atoms with Gasteiger partial charge in [-0.2, -0.15) is 0 Å². The maximum absolute atomic E-state index is 9.44. The minimum atomic E-state index is -3.20. The minimum absolute atomic E-state index is 0.164. The molecule has 0 radical (unpaired) electrons. The molecule has 3 N–H and O–H groups in total. The Morgan fingerprint density at radius 2 is 1.50 bits per heavy atom. The molecule has 0 saturated heterocycles. The largest absolute Gasteiger partial charge is 0.394 e. The second kappa shape index (κ2) is 9.96. The van der Waals surface area contributed by atoms with Crippen LogP contribution in [-0.4, -0.2) is 26.3 Å². The van der Waals surface area contributed by atoms with Gasteiger partial charge in [0.1, 0.15) is 4.84 Å². The van der Waals surface area contributed by atoms with Gasteiger partial charge in [-0.25, -0.2) is 4.31 Å². The lowest BCUT2D eigenvalue weighted by atomic mass is 10.9. The fourth-order valence-corrected chi connectivity index (χ4v) is 0.672. The van der Waals surface area contributed by atoms with Crippen molar-refractivity contribution in [2.24, 2.45) is 0 Å².